The van der Waals surface area contributed by atoms with Gasteiger partial charge in [0.05, 0.1) is 0 Å². The van der Waals surface area contributed by atoms with Gasteiger partial charge in [-0.05, 0) is 18.4 Å². The van der Waals surface area contributed by atoms with Crippen molar-refractivity contribution in [1.82, 2.24) is 24.4 Å². The van der Waals surface area contributed by atoms with Crippen LogP contribution in [0, 0.1) is 5.92 Å². The molecule has 0 spiro atoms. The summed E-state index contributed by atoms with van der Waals surface area (Å²) in [5, 5.41) is 9.33. The predicted octanol–water partition coefficient (Wildman–Crippen LogP) is 0.711. The van der Waals surface area contributed by atoms with Crippen LogP contribution in [0.15, 0.2) is 23.0 Å². The van der Waals surface area contributed by atoms with Gasteiger partial charge in [-0.25, -0.2) is 4.79 Å². The molecule has 0 unspecified atom stereocenters. The second-order valence-corrected chi connectivity index (χ2v) is 7.32. The first kappa shape index (κ1) is 16.7. The molecule has 3 amide bonds. The van der Waals surface area contributed by atoms with Crippen LogP contribution >= 0.6 is 11.5 Å². The molecule has 0 radical (unpaired) electrons. The van der Waals surface area contributed by atoms with E-state index in [2.05, 4.69) is 20.2 Å². The Morgan fingerprint density at radius 3 is 2.92 bits per heavy atom. The lowest BCUT2D eigenvalue weighted by molar-refractivity contribution is 0.0959. The normalized spacial score (nSPS) is 21.0. The zero-order chi connectivity index (χ0) is 18.3. The van der Waals surface area contributed by atoms with E-state index in [9.17, 15) is 14.4 Å². The summed E-state index contributed by atoms with van der Waals surface area (Å²) in [5.74, 6) is -0.0110. The van der Waals surface area contributed by atoms with Crippen LogP contribution in [-0.2, 0) is 6.54 Å². The lowest BCUT2D eigenvalue weighted by atomic mass is 9.83. The molecule has 1 fully saturated rings. The minimum Gasteiger partial charge on any atom is -0.354 e. The number of amides is 3. The lowest BCUT2D eigenvalue weighted by Crippen LogP contribution is -2.50. The van der Waals surface area contributed by atoms with Crippen LogP contribution in [0.2, 0.25) is 0 Å². The molecule has 10 heteroatoms. The Kier molecular flexibility index (Phi) is 4.19. The third kappa shape index (κ3) is 2.85. The van der Waals surface area contributed by atoms with Crippen molar-refractivity contribution in [3.8, 4) is 0 Å². The van der Waals surface area contributed by atoms with Crippen LogP contribution < -0.4 is 16.2 Å². The van der Waals surface area contributed by atoms with E-state index < -0.39 is 5.91 Å². The maximum atomic E-state index is 12.7. The molecule has 2 N–H and O–H groups in total. The van der Waals surface area contributed by atoms with Crippen molar-refractivity contribution >= 4 is 28.5 Å². The van der Waals surface area contributed by atoms with Gasteiger partial charge in [0.2, 0.25) is 0 Å². The van der Waals surface area contributed by atoms with E-state index in [1.807, 2.05) is 10.6 Å². The number of nitrogens with zero attached hydrogens (tertiary/aromatic N) is 4. The van der Waals surface area contributed by atoms with Crippen molar-refractivity contribution in [2.75, 3.05) is 25.5 Å². The third-order valence-electron chi connectivity index (χ3n) is 4.92. The summed E-state index contributed by atoms with van der Waals surface area (Å²) in [6.07, 6.45) is 0.971. The molecule has 2 aromatic heterocycles. The standard InChI is InChI=1S/C16H18N6O3S/c1-17-14(24)13-15(26-20-19-13)18-16(25)21-6-9-5-10(8-21)11-3-2-4-12(23)22(11)7-9/h2-4,9-10H,5-8H2,1H3,(H,17,24)(H,18,25)/t9-,10+/m1/s1. The van der Waals surface area contributed by atoms with E-state index in [1.54, 1.807) is 17.0 Å². The van der Waals surface area contributed by atoms with Gasteiger partial charge in [0.25, 0.3) is 11.5 Å². The van der Waals surface area contributed by atoms with Gasteiger partial charge in [-0.2, -0.15) is 0 Å². The van der Waals surface area contributed by atoms with E-state index in [4.69, 9.17) is 0 Å². The monoisotopic (exact) mass is 374 g/mol. The summed E-state index contributed by atoms with van der Waals surface area (Å²) >= 11 is 0.971. The third-order valence-corrected chi connectivity index (χ3v) is 5.56. The lowest BCUT2D eigenvalue weighted by Gasteiger charge is -2.42. The van der Waals surface area contributed by atoms with E-state index in [0.717, 1.165) is 23.6 Å². The second kappa shape index (κ2) is 6.52. The first-order chi connectivity index (χ1) is 12.6. The number of carbonyl (C=O) groups excluding carboxylic acids is 2. The molecule has 0 aromatic carbocycles. The fourth-order valence-electron chi connectivity index (χ4n) is 3.78. The van der Waals surface area contributed by atoms with Crippen LogP contribution in [0.3, 0.4) is 0 Å². The minimum absolute atomic E-state index is 0.0149. The molecule has 26 heavy (non-hydrogen) atoms. The van der Waals surface area contributed by atoms with Crippen LogP contribution in [-0.4, -0.2) is 51.1 Å². The van der Waals surface area contributed by atoms with Gasteiger partial charge in [0.15, 0.2) is 10.7 Å². The fraction of sp³-hybridized carbons (Fsp3) is 0.438. The summed E-state index contributed by atoms with van der Waals surface area (Å²) in [6, 6.07) is 5.03. The number of urea groups is 1. The number of hydrogen-bond acceptors (Lipinski definition) is 6. The number of piperidine rings is 1. The van der Waals surface area contributed by atoms with Gasteiger partial charge in [-0.1, -0.05) is 10.6 Å². The average molecular weight is 374 g/mol. The fourth-order valence-corrected chi connectivity index (χ4v) is 4.34. The van der Waals surface area contributed by atoms with Gasteiger partial charge in [-0.3, -0.25) is 14.9 Å². The minimum atomic E-state index is -0.391. The molecule has 2 atom stereocenters. The molecule has 2 aliphatic heterocycles. The van der Waals surface area contributed by atoms with Gasteiger partial charge < -0.3 is 14.8 Å². The van der Waals surface area contributed by atoms with Crippen molar-refractivity contribution in [2.45, 2.75) is 18.9 Å². The number of hydrogen-bond donors (Lipinski definition) is 2. The highest BCUT2D eigenvalue weighted by molar-refractivity contribution is 7.10. The van der Waals surface area contributed by atoms with E-state index in [-0.39, 0.29) is 29.1 Å². The van der Waals surface area contributed by atoms with Crippen LogP contribution in [0.25, 0.3) is 0 Å². The Morgan fingerprint density at radius 2 is 2.12 bits per heavy atom. The summed E-state index contributed by atoms with van der Waals surface area (Å²) < 4.78 is 5.57. The number of likely N-dealkylation sites (tertiary alicyclic amines) is 1. The smallest absolute Gasteiger partial charge is 0.322 e. The molecule has 4 rings (SSSR count). The highest BCUT2D eigenvalue weighted by Gasteiger charge is 2.36. The Labute approximate surface area is 153 Å². The molecule has 2 aromatic rings. The molecule has 2 aliphatic rings. The highest BCUT2D eigenvalue weighted by atomic mass is 32.1. The van der Waals surface area contributed by atoms with E-state index >= 15 is 0 Å². The summed E-state index contributed by atoms with van der Waals surface area (Å²) in [4.78, 5) is 38.3. The van der Waals surface area contributed by atoms with Crippen LogP contribution in [0.4, 0.5) is 9.80 Å². The molecular weight excluding hydrogens is 356 g/mol. The number of anilines is 1. The SMILES string of the molecule is CNC(=O)c1nnsc1NC(=O)N1C[C@H]2C[C@@H](C1)c1cccc(=O)n1C2. The van der Waals surface area contributed by atoms with Crippen molar-refractivity contribution in [1.29, 1.82) is 0 Å². The summed E-state index contributed by atoms with van der Waals surface area (Å²) in [5.41, 5.74) is 1.11. The molecule has 136 valence electrons. The molecular formula is C16H18N6O3S. The number of pyridine rings is 1. The largest absolute Gasteiger partial charge is 0.354 e. The summed E-state index contributed by atoms with van der Waals surface area (Å²) in [6.45, 7) is 1.73. The van der Waals surface area contributed by atoms with E-state index in [1.165, 1.54) is 7.05 Å². The number of fused-ring (bicyclic) bond motifs is 4. The molecule has 0 aliphatic carbocycles. The number of nitrogens with one attached hydrogen (secondary N) is 2. The predicted molar refractivity (Wildman–Crippen MR) is 95.4 cm³/mol. The average Bonchev–Trinajstić information content (AvgIpc) is 3.10. The van der Waals surface area contributed by atoms with Crippen LogP contribution in [0.5, 0.6) is 0 Å². The summed E-state index contributed by atoms with van der Waals surface area (Å²) in [7, 11) is 1.50. The highest BCUT2D eigenvalue weighted by Crippen LogP contribution is 2.35. The topological polar surface area (TPSA) is 109 Å². The Bertz CT molecular complexity index is 923. The van der Waals surface area contributed by atoms with Gasteiger partial charge in [0.1, 0.15) is 0 Å². The number of aromatic nitrogens is 3. The molecule has 0 saturated carbocycles. The first-order valence-electron chi connectivity index (χ1n) is 8.37. The van der Waals surface area contributed by atoms with Gasteiger partial charge in [-0.15, -0.1) is 5.10 Å². The maximum absolute atomic E-state index is 12.7. The zero-order valence-electron chi connectivity index (χ0n) is 14.1. The number of rotatable bonds is 2. The Balaban J connectivity index is 1.52. The second-order valence-electron chi connectivity index (χ2n) is 6.56. The van der Waals surface area contributed by atoms with Crippen molar-refractivity contribution < 1.29 is 9.59 Å². The van der Waals surface area contributed by atoms with Crippen molar-refractivity contribution in [2.24, 2.45) is 5.92 Å². The zero-order valence-corrected chi connectivity index (χ0v) is 15.0. The Hall–Kier alpha value is -2.75. The van der Waals surface area contributed by atoms with Crippen molar-refractivity contribution in [3.05, 3.63) is 39.9 Å². The molecule has 9 nitrogen and oxygen atoms in total. The molecule has 1 saturated heterocycles. The number of carbonyl (C=O) groups is 2. The van der Waals surface area contributed by atoms with Gasteiger partial charge >= 0.3 is 6.03 Å². The van der Waals surface area contributed by atoms with E-state index in [0.29, 0.717) is 24.6 Å². The first-order valence-corrected chi connectivity index (χ1v) is 9.14. The quantitative estimate of drug-likeness (QED) is 0.805. The maximum Gasteiger partial charge on any atom is 0.322 e. The van der Waals surface area contributed by atoms with Gasteiger partial charge in [0, 0.05) is 55.9 Å². The van der Waals surface area contributed by atoms with Crippen molar-refractivity contribution in [3.63, 3.8) is 0 Å². The molecule has 2 bridgehead atoms. The Morgan fingerprint density at radius 1 is 1.27 bits per heavy atom. The molecule has 4 heterocycles. The van der Waals surface area contributed by atoms with Crippen LogP contribution in [0.1, 0.15) is 28.5 Å².